The van der Waals surface area contributed by atoms with Gasteiger partial charge in [-0.05, 0) is 249 Å². The van der Waals surface area contributed by atoms with Crippen molar-refractivity contribution >= 4 is 0 Å². The molecule has 0 bridgehead atoms. The molecule has 0 N–H and O–H groups in total. The van der Waals surface area contributed by atoms with Crippen molar-refractivity contribution in [2.75, 3.05) is 78.5 Å². The Labute approximate surface area is 498 Å². The first-order chi connectivity index (χ1) is 35.1. The Kier molecular flexibility index (Phi) is 42.5. The Balaban J connectivity index is -0.000000407. The Bertz CT molecular complexity index is 1200. The second-order valence-electron chi connectivity index (χ2n) is 33.8. The van der Waals surface area contributed by atoms with Gasteiger partial charge >= 0.3 is 0 Å². The third-order valence-electron chi connectivity index (χ3n) is 16.1. The lowest BCUT2D eigenvalue weighted by Crippen LogP contribution is -2.54. The highest BCUT2D eigenvalue weighted by molar-refractivity contribution is 4.90. The van der Waals surface area contributed by atoms with E-state index in [1.807, 2.05) is 0 Å². The van der Waals surface area contributed by atoms with Gasteiger partial charge in [-0.15, -0.1) is 0 Å². The second-order valence-corrected chi connectivity index (χ2v) is 33.8. The van der Waals surface area contributed by atoms with E-state index in [2.05, 4.69) is 279 Å². The highest BCUT2D eigenvalue weighted by Crippen LogP contribution is 2.37. The fourth-order valence-corrected chi connectivity index (χ4v) is 10.4. The van der Waals surface area contributed by atoms with Crippen LogP contribution in [-0.4, -0.2) is 141 Å². The number of hydrogen-bond acceptors (Lipinski definition) is 6. The van der Waals surface area contributed by atoms with Crippen LogP contribution in [0.15, 0.2) is 0 Å². The molecule has 0 aliphatic carbocycles. The zero-order valence-electron chi connectivity index (χ0n) is 61.7. The molecule has 6 saturated heterocycles. The van der Waals surface area contributed by atoms with E-state index in [1.165, 1.54) is 143 Å². The van der Waals surface area contributed by atoms with Gasteiger partial charge in [-0.25, -0.2) is 0 Å². The molecule has 6 nitrogen and oxygen atoms in total. The van der Waals surface area contributed by atoms with Gasteiger partial charge in [0.2, 0.25) is 0 Å². The van der Waals surface area contributed by atoms with Crippen molar-refractivity contribution in [3.8, 4) is 0 Å². The molecule has 78 heavy (non-hydrogen) atoms. The summed E-state index contributed by atoms with van der Waals surface area (Å²) in [5.41, 5.74) is 3.34. The summed E-state index contributed by atoms with van der Waals surface area (Å²) in [5, 5.41) is 0. The summed E-state index contributed by atoms with van der Waals surface area (Å²) in [6, 6.07) is 0. The summed E-state index contributed by atoms with van der Waals surface area (Å²) in [5.74, 6) is 5.54. The Morgan fingerprint density at radius 3 is 0.474 bits per heavy atom. The van der Waals surface area contributed by atoms with Gasteiger partial charge in [0.15, 0.2) is 0 Å². The molecule has 6 aliphatic heterocycles. The molecule has 2 atom stereocenters. The fraction of sp³-hybridized carbons (Fsp3) is 1.00. The van der Waals surface area contributed by atoms with Crippen molar-refractivity contribution in [1.29, 1.82) is 0 Å². The normalized spacial score (nSPS) is 22.2. The van der Waals surface area contributed by atoms with Crippen LogP contribution in [0.2, 0.25) is 0 Å². The molecule has 6 heteroatoms. The lowest BCUT2D eigenvalue weighted by atomic mass is 9.75. The van der Waals surface area contributed by atoms with Crippen LogP contribution < -0.4 is 0 Å². The highest BCUT2D eigenvalue weighted by Gasteiger charge is 2.35. The van der Waals surface area contributed by atoms with Crippen LogP contribution in [0.25, 0.3) is 0 Å². The van der Waals surface area contributed by atoms with E-state index >= 15 is 0 Å². The summed E-state index contributed by atoms with van der Waals surface area (Å²) in [6.45, 7) is 97.4. The summed E-state index contributed by atoms with van der Waals surface area (Å²) in [6.07, 6.45) is 13.3. The molecule has 0 aromatic rings. The van der Waals surface area contributed by atoms with Crippen LogP contribution in [0.3, 0.4) is 0 Å². The van der Waals surface area contributed by atoms with Gasteiger partial charge in [0.05, 0.1) is 0 Å². The molecule has 6 fully saturated rings. The smallest absolute Gasteiger partial charge is 0.0125 e. The molecule has 6 rings (SSSR count). The van der Waals surface area contributed by atoms with Crippen molar-refractivity contribution in [3.63, 3.8) is 0 Å². The molecular weight excluding hydrogens is 949 g/mol. The van der Waals surface area contributed by atoms with Gasteiger partial charge in [-0.1, -0.05) is 150 Å². The first-order valence-corrected chi connectivity index (χ1v) is 33.6. The summed E-state index contributed by atoms with van der Waals surface area (Å²) < 4.78 is 0. The van der Waals surface area contributed by atoms with Crippen molar-refractivity contribution in [3.05, 3.63) is 0 Å². The van der Waals surface area contributed by atoms with Crippen LogP contribution in [-0.2, 0) is 0 Å². The third-order valence-corrected chi connectivity index (χ3v) is 16.1. The van der Waals surface area contributed by atoms with Crippen LogP contribution in [0, 0.1) is 46.3 Å². The van der Waals surface area contributed by atoms with Crippen molar-refractivity contribution < 1.29 is 0 Å². The van der Waals surface area contributed by atoms with E-state index in [9.17, 15) is 0 Å². The van der Waals surface area contributed by atoms with Crippen molar-refractivity contribution in [2.45, 2.75) is 347 Å². The van der Waals surface area contributed by atoms with E-state index in [1.54, 1.807) is 0 Å². The van der Waals surface area contributed by atoms with Gasteiger partial charge < -0.3 is 0 Å². The van der Waals surface area contributed by atoms with E-state index in [-0.39, 0.29) is 0 Å². The molecule has 476 valence electrons. The minimum Gasteiger partial charge on any atom is -0.298 e. The average Bonchev–Trinajstić information content (AvgIpc) is 3.91. The predicted octanol–water partition coefficient (Wildman–Crippen LogP) is 20.5. The number of piperidine rings is 2. The van der Waals surface area contributed by atoms with Gasteiger partial charge in [-0.2, -0.15) is 0 Å². The predicted molar refractivity (Wildman–Crippen MR) is 362 cm³/mol. The average molecular weight is 1110 g/mol. The first kappa shape index (κ1) is 84.2. The number of rotatable bonds is 0. The van der Waals surface area contributed by atoms with Crippen LogP contribution in [0.4, 0.5) is 0 Å². The van der Waals surface area contributed by atoms with Gasteiger partial charge in [0.25, 0.3) is 0 Å². The summed E-state index contributed by atoms with van der Waals surface area (Å²) in [4.78, 5) is 15.4. The van der Waals surface area contributed by atoms with Gasteiger partial charge in [0, 0.05) is 72.5 Å². The Hall–Kier alpha value is -0.240. The zero-order valence-corrected chi connectivity index (χ0v) is 61.7. The second kappa shape index (κ2) is 39.4. The number of nitrogens with zero attached hydrogens (tertiary/aromatic N) is 6. The van der Waals surface area contributed by atoms with E-state index < -0.39 is 0 Å². The number of likely N-dealkylation sites (tertiary alicyclic amines) is 6. The van der Waals surface area contributed by atoms with Crippen molar-refractivity contribution in [2.24, 2.45) is 46.3 Å². The third kappa shape index (κ3) is 40.9. The number of hydrogen-bond donors (Lipinski definition) is 0. The summed E-state index contributed by atoms with van der Waals surface area (Å²) >= 11 is 0. The quantitative estimate of drug-likeness (QED) is 0.239. The fourth-order valence-electron chi connectivity index (χ4n) is 10.4. The maximum absolute atomic E-state index is 2.62. The lowest BCUT2D eigenvalue weighted by molar-refractivity contribution is 0.0224. The zero-order chi connectivity index (χ0) is 62.5. The van der Waals surface area contributed by atoms with Gasteiger partial charge in [0.1, 0.15) is 0 Å². The first-order valence-electron chi connectivity index (χ1n) is 33.6. The van der Waals surface area contributed by atoms with Crippen LogP contribution in [0.5, 0.6) is 0 Å². The largest absolute Gasteiger partial charge is 0.298 e. The van der Waals surface area contributed by atoms with Crippen molar-refractivity contribution in [1.82, 2.24) is 29.4 Å². The van der Waals surface area contributed by atoms with E-state index in [4.69, 9.17) is 0 Å². The Morgan fingerprint density at radius 1 is 0.231 bits per heavy atom. The van der Waals surface area contributed by atoms with E-state index in [0.717, 1.165) is 35.5 Å². The SMILES string of the molecule is CC(C)(C)C1CCN(C(C)(C)C)CC1.CC(C)(C)C1CCN(C(C)(C)C)CC1.CC1CN(C(C)(C)C)C1.CC1CN(C(C)(C)C)C1.CCC.CCC.CCC.CCC.C[C@@H]1CCN(C(C)(C)C)C1.C[C@H]1CCN(C(C)(C)C)C1. The standard InChI is InChI=1S/2C13H27N.2C9H19N.2C8H17N.4C3H8/c2*1-12(2,3)11-7-9-14(10-8-11)13(4,5)6;2*1-8-5-6-10(7-8)9(2,3)4;2*1-7-5-9(6-7)8(2,3)4;4*1-3-2/h2*11H,7-10H2,1-6H3;2*8H,5-7H2,1-4H3;2*7H,5-6H2,1-4H3;4*3H2,1-2H3/t;;2*8-;;;;;;/m..10....../s1. The molecule has 0 saturated carbocycles. The molecular formula is C72H158N6. The molecule has 0 aromatic carbocycles. The molecule has 0 aromatic heterocycles. The Morgan fingerprint density at radius 2 is 0.385 bits per heavy atom. The lowest BCUT2D eigenvalue weighted by Gasteiger charge is -2.46. The minimum atomic E-state index is 0.364. The highest BCUT2D eigenvalue weighted by atomic mass is 15.2. The maximum Gasteiger partial charge on any atom is 0.0125 e. The van der Waals surface area contributed by atoms with E-state index in [0.29, 0.717) is 44.1 Å². The molecule has 0 spiro atoms. The monoisotopic (exact) mass is 1110 g/mol. The molecule has 6 aliphatic rings. The molecule has 0 unspecified atom stereocenters. The molecule has 6 heterocycles. The summed E-state index contributed by atoms with van der Waals surface area (Å²) in [7, 11) is 0. The van der Waals surface area contributed by atoms with Gasteiger partial charge in [-0.3, -0.25) is 29.4 Å². The topological polar surface area (TPSA) is 19.4 Å². The molecule has 0 radical (unpaired) electrons. The van der Waals surface area contributed by atoms with Crippen LogP contribution >= 0.6 is 0 Å². The minimum absolute atomic E-state index is 0.364. The maximum atomic E-state index is 2.62. The molecule has 0 amide bonds. The van der Waals surface area contributed by atoms with Crippen LogP contribution in [0.1, 0.15) is 313 Å².